The third kappa shape index (κ3) is 5.62. The van der Waals surface area contributed by atoms with Crippen LogP contribution < -0.4 is 0 Å². The quantitative estimate of drug-likeness (QED) is 0.191. The number of phenolic OH excluding ortho intramolecular Hbond substituents is 2. The summed E-state index contributed by atoms with van der Waals surface area (Å²) in [4.78, 5) is 25.3. The third-order valence-electron chi connectivity index (χ3n) is 6.65. The van der Waals surface area contributed by atoms with Gasteiger partial charge in [-0.25, -0.2) is 4.79 Å². The molecule has 2 fully saturated rings. The number of phenols is 2. The highest BCUT2D eigenvalue weighted by Crippen LogP contribution is 2.37. The first kappa shape index (κ1) is 27.8. The summed E-state index contributed by atoms with van der Waals surface area (Å²) in [6.45, 7) is 0.954. The Morgan fingerprint density at radius 1 is 1.05 bits per heavy atom. The molecule has 5 N–H and O–H groups in total. The van der Waals surface area contributed by atoms with Gasteiger partial charge in [0.25, 0.3) is 0 Å². The molecule has 3 heterocycles. The molecule has 1 aromatic rings. The summed E-state index contributed by atoms with van der Waals surface area (Å²) in [5, 5.41) is 51.1. The van der Waals surface area contributed by atoms with Crippen molar-refractivity contribution in [3.05, 3.63) is 47.2 Å². The van der Waals surface area contributed by atoms with E-state index in [1.807, 2.05) is 0 Å². The zero-order chi connectivity index (χ0) is 27.6. The molecule has 0 aromatic heterocycles. The van der Waals surface area contributed by atoms with Gasteiger partial charge in [0.05, 0.1) is 32.0 Å². The van der Waals surface area contributed by atoms with E-state index in [4.69, 9.17) is 28.4 Å². The van der Waals surface area contributed by atoms with Crippen molar-refractivity contribution in [2.45, 2.75) is 56.4 Å². The number of ether oxygens (including phenoxy) is 6. The number of hydrogen-bond acceptors (Lipinski definition) is 13. The van der Waals surface area contributed by atoms with Gasteiger partial charge in [-0.3, -0.25) is 4.79 Å². The Balaban J connectivity index is 1.70. The van der Waals surface area contributed by atoms with Crippen LogP contribution >= 0.6 is 0 Å². The van der Waals surface area contributed by atoms with Crippen molar-refractivity contribution in [2.75, 3.05) is 20.3 Å². The van der Waals surface area contributed by atoms with Gasteiger partial charge < -0.3 is 54.0 Å². The largest absolute Gasteiger partial charge is 0.504 e. The van der Waals surface area contributed by atoms with Crippen molar-refractivity contribution in [3.63, 3.8) is 0 Å². The Morgan fingerprint density at radius 3 is 2.50 bits per heavy atom. The topological polar surface area (TPSA) is 191 Å². The smallest absolute Gasteiger partial charge is 0.337 e. The van der Waals surface area contributed by atoms with Crippen molar-refractivity contribution >= 4 is 11.9 Å². The minimum Gasteiger partial charge on any atom is -0.504 e. The monoisotopic (exact) mass is 538 g/mol. The van der Waals surface area contributed by atoms with Crippen LogP contribution in [0.25, 0.3) is 0 Å². The van der Waals surface area contributed by atoms with Gasteiger partial charge in [0, 0.05) is 11.5 Å². The highest BCUT2D eigenvalue weighted by Gasteiger charge is 2.47. The normalized spacial score (nSPS) is 35.3. The van der Waals surface area contributed by atoms with Crippen LogP contribution in [0, 0.1) is 5.92 Å². The first-order valence-electron chi connectivity index (χ1n) is 11.9. The fourth-order valence-electron chi connectivity index (χ4n) is 4.50. The van der Waals surface area contributed by atoms with Gasteiger partial charge in [0.15, 0.2) is 17.8 Å². The van der Waals surface area contributed by atoms with E-state index in [0.29, 0.717) is 11.1 Å². The summed E-state index contributed by atoms with van der Waals surface area (Å²) < 4.78 is 33.2. The maximum absolute atomic E-state index is 12.9. The first-order chi connectivity index (χ1) is 18.1. The number of cyclic esters (lactones) is 1. The number of carbonyl (C=O) groups excluding carboxylic acids is 2. The molecule has 0 radical (unpaired) electrons. The molecule has 13 heteroatoms. The second-order valence-corrected chi connectivity index (χ2v) is 8.98. The Morgan fingerprint density at radius 2 is 1.82 bits per heavy atom. The lowest BCUT2D eigenvalue weighted by Gasteiger charge is -2.42. The molecule has 38 heavy (non-hydrogen) atoms. The highest BCUT2D eigenvalue weighted by atomic mass is 16.8. The van der Waals surface area contributed by atoms with Crippen LogP contribution in [-0.2, 0) is 38.0 Å². The molecule has 4 bridgehead atoms. The highest BCUT2D eigenvalue weighted by molar-refractivity contribution is 5.90. The van der Waals surface area contributed by atoms with E-state index in [-0.39, 0.29) is 31.0 Å². The van der Waals surface area contributed by atoms with E-state index in [1.54, 1.807) is 13.0 Å². The van der Waals surface area contributed by atoms with Crippen LogP contribution in [0.3, 0.4) is 0 Å². The number of rotatable bonds is 2. The lowest BCUT2D eigenvalue weighted by atomic mass is 9.86. The molecular formula is C25H30O13. The molecule has 3 aliphatic heterocycles. The van der Waals surface area contributed by atoms with Crippen LogP contribution in [-0.4, -0.2) is 94.8 Å². The molecule has 4 rings (SSSR count). The summed E-state index contributed by atoms with van der Waals surface area (Å²) in [5.74, 6) is -3.13. The molecule has 8 atom stereocenters. The van der Waals surface area contributed by atoms with Crippen molar-refractivity contribution in [1.82, 2.24) is 0 Å². The van der Waals surface area contributed by atoms with Crippen molar-refractivity contribution in [3.8, 4) is 11.5 Å². The SMILES string of the molecule is C/C=C1/[C@H]2OC=C(C(=O)OC)[C@H]1CC(=O)OC[C@H](c1ccc(O)c(O)c1)OC[C@@H]1O[C@@H](O2)[C@H](O)[C@@H](O)[C@@H]1O. The predicted octanol–water partition coefficient (Wildman–Crippen LogP) is -0.0977. The van der Waals surface area contributed by atoms with Crippen molar-refractivity contribution in [1.29, 1.82) is 0 Å². The molecule has 0 spiro atoms. The van der Waals surface area contributed by atoms with Crippen LogP contribution in [0.15, 0.2) is 41.7 Å². The minimum atomic E-state index is -1.67. The van der Waals surface area contributed by atoms with Gasteiger partial charge >= 0.3 is 11.9 Å². The number of carbonyl (C=O) groups is 2. The van der Waals surface area contributed by atoms with E-state index in [2.05, 4.69) is 0 Å². The zero-order valence-electron chi connectivity index (χ0n) is 20.6. The maximum atomic E-state index is 12.9. The molecule has 0 amide bonds. The number of aliphatic hydroxyl groups excluding tert-OH is 3. The number of benzene rings is 1. The number of aliphatic hydroxyl groups is 3. The number of allylic oxidation sites excluding steroid dienone is 1. The Hall–Kier alpha value is -3.20. The number of aromatic hydroxyl groups is 2. The Kier molecular flexibility index (Phi) is 8.55. The second-order valence-electron chi connectivity index (χ2n) is 8.98. The van der Waals surface area contributed by atoms with E-state index in [0.717, 1.165) is 6.26 Å². The average molecular weight is 539 g/mol. The number of hydrogen-bond donors (Lipinski definition) is 5. The van der Waals surface area contributed by atoms with E-state index in [1.165, 1.54) is 25.3 Å². The summed E-state index contributed by atoms with van der Waals surface area (Å²) in [6, 6.07) is 3.89. The maximum Gasteiger partial charge on any atom is 0.337 e. The summed E-state index contributed by atoms with van der Waals surface area (Å²) in [6.07, 6.45) is -7.44. The van der Waals surface area contributed by atoms with Crippen molar-refractivity contribution < 1.29 is 63.5 Å². The molecule has 208 valence electrons. The summed E-state index contributed by atoms with van der Waals surface area (Å²) in [5.41, 5.74) is 0.694. The summed E-state index contributed by atoms with van der Waals surface area (Å²) in [7, 11) is 1.18. The van der Waals surface area contributed by atoms with E-state index in [9.17, 15) is 35.1 Å². The molecular weight excluding hydrogens is 508 g/mol. The minimum absolute atomic E-state index is 0.0270. The van der Waals surface area contributed by atoms with Gasteiger partial charge in [0.2, 0.25) is 6.29 Å². The summed E-state index contributed by atoms with van der Waals surface area (Å²) >= 11 is 0. The van der Waals surface area contributed by atoms with Gasteiger partial charge in [-0.2, -0.15) is 0 Å². The van der Waals surface area contributed by atoms with Crippen LogP contribution in [0.5, 0.6) is 11.5 Å². The molecule has 0 saturated carbocycles. The molecule has 0 aliphatic carbocycles. The Labute approximate surface area is 217 Å². The average Bonchev–Trinajstić information content (AvgIpc) is 2.90. The molecule has 0 unspecified atom stereocenters. The molecule has 1 aromatic carbocycles. The third-order valence-corrected chi connectivity index (χ3v) is 6.65. The molecule has 13 nitrogen and oxygen atoms in total. The van der Waals surface area contributed by atoms with Crippen LogP contribution in [0.1, 0.15) is 25.0 Å². The number of methoxy groups -OCH3 is 1. The lowest BCUT2D eigenvalue weighted by molar-refractivity contribution is -0.330. The fourth-order valence-corrected chi connectivity index (χ4v) is 4.50. The van der Waals surface area contributed by atoms with Crippen LogP contribution in [0.4, 0.5) is 0 Å². The fraction of sp³-hybridized carbons (Fsp3) is 0.520. The standard InChI is InChI=1S/C25H30O13/c1-3-12-13-7-19(28)35-9-17(11-4-5-15(26)16(27)6-11)34-10-18-20(29)21(30)22(31)25(37-18)38-24(12)36-8-14(13)23(32)33-2/h3-6,8,13,17-18,20-22,24-27,29-31H,7,9-10H2,1-2H3/b12-3+/t13-,17+,18-,20+,21-,22+,24-,25-/m0/s1. The molecule has 2 saturated heterocycles. The van der Waals surface area contributed by atoms with E-state index >= 15 is 0 Å². The predicted molar refractivity (Wildman–Crippen MR) is 124 cm³/mol. The van der Waals surface area contributed by atoms with Crippen molar-refractivity contribution in [2.24, 2.45) is 5.92 Å². The second kappa shape index (κ2) is 11.7. The number of esters is 2. The zero-order valence-corrected chi connectivity index (χ0v) is 20.6. The van der Waals surface area contributed by atoms with Gasteiger partial charge in [-0.15, -0.1) is 0 Å². The van der Waals surface area contributed by atoms with E-state index < -0.39 is 66.7 Å². The number of fused-ring (bicyclic) bond motifs is 4. The van der Waals surface area contributed by atoms with Gasteiger partial charge in [-0.05, 0) is 24.6 Å². The first-order valence-corrected chi connectivity index (χ1v) is 11.9. The Bertz CT molecular complexity index is 1100. The molecule has 3 aliphatic rings. The lowest BCUT2D eigenvalue weighted by Crippen LogP contribution is -2.60. The van der Waals surface area contributed by atoms with Gasteiger partial charge in [-0.1, -0.05) is 12.1 Å². The van der Waals surface area contributed by atoms with Gasteiger partial charge in [0.1, 0.15) is 37.1 Å². The van der Waals surface area contributed by atoms with Crippen LogP contribution in [0.2, 0.25) is 0 Å².